The first-order chi connectivity index (χ1) is 5.53. The molecule has 3 nitrogen and oxygen atoms in total. The highest BCUT2D eigenvalue weighted by Gasteiger charge is 2.48. The monoisotopic (exact) mass is 173 g/mol. The molecule has 0 radical (unpaired) electrons. The van der Waals surface area contributed by atoms with Crippen LogP contribution in [0.15, 0.2) is 0 Å². The van der Waals surface area contributed by atoms with E-state index >= 15 is 0 Å². The second-order valence-corrected chi connectivity index (χ2v) is 4.11. The number of hydrogen-bond acceptors (Lipinski definition) is 3. The van der Waals surface area contributed by atoms with Gasteiger partial charge in [0.05, 0.1) is 12.2 Å². The van der Waals surface area contributed by atoms with Crippen LogP contribution in [-0.2, 0) is 0 Å². The fourth-order valence-electron chi connectivity index (χ4n) is 2.07. The van der Waals surface area contributed by atoms with E-state index in [2.05, 4.69) is 0 Å². The molecule has 1 saturated carbocycles. The van der Waals surface area contributed by atoms with Crippen molar-refractivity contribution in [1.82, 2.24) is 0 Å². The van der Waals surface area contributed by atoms with Gasteiger partial charge in [0.2, 0.25) is 0 Å². The number of nitrogens with two attached hydrogens (primary N) is 1. The molecular weight excluding hydrogens is 154 g/mol. The second kappa shape index (κ2) is 3.32. The zero-order valence-corrected chi connectivity index (χ0v) is 7.83. The molecule has 0 saturated heterocycles. The molecule has 0 aliphatic heterocycles. The lowest BCUT2D eigenvalue weighted by molar-refractivity contribution is -0.0449. The second-order valence-electron chi connectivity index (χ2n) is 4.11. The van der Waals surface area contributed by atoms with Crippen LogP contribution in [0.1, 0.15) is 26.7 Å². The van der Waals surface area contributed by atoms with Gasteiger partial charge in [-0.25, -0.2) is 0 Å². The topological polar surface area (TPSA) is 66.5 Å². The van der Waals surface area contributed by atoms with Gasteiger partial charge < -0.3 is 15.9 Å². The van der Waals surface area contributed by atoms with Crippen molar-refractivity contribution in [3.63, 3.8) is 0 Å². The molecule has 1 fully saturated rings. The van der Waals surface area contributed by atoms with Crippen LogP contribution < -0.4 is 5.73 Å². The summed E-state index contributed by atoms with van der Waals surface area (Å²) in [5.74, 6) is 0.171. The van der Waals surface area contributed by atoms with Gasteiger partial charge in [-0.2, -0.15) is 0 Å². The summed E-state index contributed by atoms with van der Waals surface area (Å²) in [5.41, 5.74) is 5.15. The van der Waals surface area contributed by atoms with Crippen LogP contribution in [0.2, 0.25) is 0 Å². The molecule has 0 bridgehead atoms. The first-order valence-corrected chi connectivity index (χ1v) is 4.59. The molecule has 0 spiro atoms. The molecule has 0 heterocycles. The van der Waals surface area contributed by atoms with Gasteiger partial charge in [0.25, 0.3) is 0 Å². The van der Waals surface area contributed by atoms with Crippen molar-refractivity contribution < 1.29 is 10.2 Å². The summed E-state index contributed by atoms with van der Waals surface area (Å²) in [7, 11) is 0. The van der Waals surface area contributed by atoms with E-state index in [4.69, 9.17) is 5.73 Å². The van der Waals surface area contributed by atoms with Crippen LogP contribution in [0.3, 0.4) is 0 Å². The number of rotatable bonds is 2. The van der Waals surface area contributed by atoms with E-state index in [0.29, 0.717) is 19.4 Å². The van der Waals surface area contributed by atoms with E-state index in [1.165, 1.54) is 0 Å². The number of aliphatic hydroxyl groups is 2. The molecule has 1 rings (SSSR count). The van der Waals surface area contributed by atoms with Crippen LogP contribution >= 0.6 is 0 Å². The minimum Gasteiger partial charge on any atom is -0.392 e. The van der Waals surface area contributed by atoms with E-state index in [0.717, 1.165) is 0 Å². The molecular formula is C9H19NO2. The SMILES string of the molecule is CC(CN)C1(C)C(O)CCC1O. The Morgan fingerprint density at radius 3 is 2.17 bits per heavy atom. The average molecular weight is 173 g/mol. The third kappa shape index (κ3) is 1.26. The molecule has 0 aromatic carbocycles. The van der Waals surface area contributed by atoms with E-state index in [9.17, 15) is 10.2 Å². The Labute approximate surface area is 73.6 Å². The standard InChI is InChI=1S/C9H19NO2/c1-6(5-10)9(2)7(11)3-4-8(9)12/h6-8,11-12H,3-5,10H2,1-2H3. The Morgan fingerprint density at radius 2 is 1.83 bits per heavy atom. The molecule has 1 aliphatic carbocycles. The first-order valence-electron chi connectivity index (χ1n) is 4.59. The molecule has 0 aromatic rings. The summed E-state index contributed by atoms with van der Waals surface area (Å²) < 4.78 is 0. The van der Waals surface area contributed by atoms with Crippen molar-refractivity contribution >= 4 is 0 Å². The highest BCUT2D eigenvalue weighted by Crippen LogP contribution is 2.43. The summed E-state index contributed by atoms with van der Waals surface area (Å²) >= 11 is 0. The van der Waals surface area contributed by atoms with Crippen molar-refractivity contribution in [1.29, 1.82) is 0 Å². The van der Waals surface area contributed by atoms with Crippen molar-refractivity contribution in [3.8, 4) is 0 Å². The summed E-state index contributed by atoms with van der Waals surface area (Å²) in [6, 6.07) is 0. The summed E-state index contributed by atoms with van der Waals surface area (Å²) in [5, 5.41) is 19.4. The summed E-state index contributed by atoms with van der Waals surface area (Å²) in [4.78, 5) is 0. The van der Waals surface area contributed by atoms with Crippen LogP contribution in [0.25, 0.3) is 0 Å². The largest absolute Gasteiger partial charge is 0.392 e. The zero-order valence-electron chi connectivity index (χ0n) is 7.83. The summed E-state index contributed by atoms with van der Waals surface area (Å²) in [6.45, 7) is 4.43. The molecule has 0 aromatic heterocycles. The van der Waals surface area contributed by atoms with E-state index in [-0.39, 0.29) is 5.92 Å². The predicted molar refractivity (Wildman–Crippen MR) is 47.6 cm³/mol. The maximum atomic E-state index is 9.70. The van der Waals surface area contributed by atoms with Gasteiger partial charge in [-0.1, -0.05) is 13.8 Å². The van der Waals surface area contributed by atoms with E-state index in [1.807, 2.05) is 13.8 Å². The van der Waals surface area contributed by atoms with Gasteiger partial charge in [0.1, 0.15) is 0 Å². The first kappa shape index (κ1) is 9.96. The van der Waals surface area contributed by atoms with Crippen LogP contribution in [0, 0.1) is 11.3 Å². The third-order valence-corrected chi connectivity index (χ3v) is 3.56. The van der Waals surface area contributed by atoms with Gasteiger partial charge in [0, 0.05) is 5.41 Å². The molecule has 3 unspecified atom stereocenters. The van der Waals surface area contributed by atoms with Gasteiger partial charge in [0.15, 0.2) is 0 Å². The van der Waals surface area contributed by atoms with Crippen LogP contribution in [0.4, 0.5) is 0 Å². The van der Waals surface area contributed by atoms with E-state index < -0.39 is 17.6 Å². The van der Waals surface area contributed by atoms with E-state index in [1.54, 1.807) is 0 Å². The Hall–Kier alpha value is -0.120. The minimum atomic E-state index is -0.397. The van der Waals surface area contributed by atoms with Crippen LogP contribution in [-0.4, -0.2) is 29.0 Å². The molecule has 0 amide bonds. The molecule has 3 heteroatoms. The highest BCUT2D eigenvalue weighted by molar-refractivity contribution is 4.98. The molecule has 3 atom stereocenters. The summed E-state index contributed by atoms with van der Waals surface area (Å²) in [6.07, 6.45) is 0.599. The van der Waals surface area contributed by atoms with Crippen molar-refractivity contribution in [3.05, 3.63) is 0 Å². The quantitative estimate of drug-likeness (QED) is 0.555. The number of hydrogen-bond donors (Lipinski definition) is 3. The van der Waals surface area contributed by atoms with Crippen molar-refractivity contribution in [2.24, 2.45) is 17.1 Å². The number of aliphatic hydroxyl groups excluding tert-OH is 2. The smallest absolute Gasteiger partial charge is 0.0622 e. The van der Waals surface area contributed by atoms with Gasteiger partial charge in [-0.3, -0.25) is 0 Å². The normalized spacial score (nSPS) is 44.8. The maximum absolute atomic E-state index is 9.70. The Bertz CT molecular complexity index is 151. The van der Waals surface area contributed by atoms with Crippen molar-refractivity contribution in [2.75, 3.05) is 6.54 Å². The van der Waals surface area contributed by atoms with Gasteiger partial charge in [-0.15, -0.1) is 0 Å². The Balaban J connectivity index is 2.78. The lowest BCUT2D eigenvalue weighted by Crippen LogP contribution is -2.44. The lowest BCUT2D eigenvalue weighted by Gasteiger charge is -2.37. The molecule has 72 valence electrons. The fourth-order valence-corrected chi connectivity index (χ4v) is 2.07. The predicted octanol–water partition coefficient (Wildman–Crippen LogP) is 0.103. The third-order valence-electron chi connectivity index (χ3n) is 3.56. The Kier molecular flexibility index (Phi) is 2.76. The van der Waals surface area contributed by atoms with Crippen LogP contribution in [0.5, 0.6) is 0 Å². The molecule has 4 N–H and O–H groups in total. The Morgan fingerprint density at radius 1 is 1.42 bits per heavy atom. The average Bonchev–Trinajstić information content (AvgIpc) is 2.32. The highest BCUT2D eigenvalue weighted by atomic mass is 16.3. The van der Waals surface area contributed by atoms with Gasteiger partial charge in [-0.05, 0) is 25.3 Å². The van der Waals surface area contributed by atoms with Crippen molar-refractivity contribution in [2.45, 2.75) is 38.9 Å². The van der Waals surface area contributed by atoms with Gasteiger partial charge >= 0.3 is 0 Å². The zero-order chi connectivity index (χ0) is 9.35. The maximum Gasteiger partial charge on any atom is 0.0622 e. The fraction of sp³-hybridized carbons (Fsp3) is 1.00. The molecule has 1 aliphatic rings. The lowest BCUT2D eigenvalue weighted by atomic mass is 9.73. The molecule has 12 heavy (non-hydrogen) atoms. The minimum absolute atomic E-state index is 0.171.